The van der Waals surface area contributed by atoms with Crippen LogP contribution in [0.15, 0.2) is 12.1 Å². The van der Waals surface area contributed by atoms with Crippen molar-refractivity contribution < 1.29 is 5.11 Å². The van der Waals surface area contributed by atoms with E-state index in [-0.39, 0.29) is 15.8 Å². The fraction of sp³-hybridized carbons (Fsp3) is 0.455. The van der Waals surface area contributed by atoms with Gasteiger partial charge in [0.1, 0.15) is 0 Å². The van der Waals surface area contributed by atoms with Crippen LogP contribution in [0.2, 0.25) is 10.0 Å². The Kier molecular flexibility index (Phi) is 4.12. The molecule has 2 nitrogen and oxygen atoms in total. The van der Waals surface area contributed by atoms with E-state index in [1.807, 2.05) is 0 Å². The van der Waals surface area contributed by atoms with Crippen LogP contribution in [0.25, 0.3) is 0 Å². The van der Waals surface area contributed by atoms with Crippen molar-refractivity contribution in [2.24, 2.45) is 5.92 Å². The highest BCUT2D eigenvalue weighted by Crippen LogP contribution is 2.34. The normalized spacial score (nSPS) is 12.9. The van der Waals surface area contributed by atoms with Gasteiger partial charge in [-0.2, -0.15) is 0 Å². The summed E-state index contributed by atoms with van der Waals surface area (Å²) in [6.45, 7) is 6.34. The number of phenols is 1. The lowest BCUT2D eigenvalue weighted by Gasteiger charge is -2.19. The van der Waals surface area contributed by atoms with Crippen molar-refractivity contribution in [2.75, 3.05) is 5.32 Å². The molecule has 1 unspecified atom stereocenters. The van der Waals surface area contributed by atoms with Crippen LogP contribution in [0.5, 0.6) is 5.75 Å². The number of nitrogens with one attached hydrogen (secondary N) is 1. The molecule has 84 valence electrons. The standard InChI is InChI=1S/C11H15Cl2NO/c1-6(2)7(3)14-8-4-9(12)11(15)10(13)5-8/h4-7,14-15H,1-3H3. The van der Waals surface area contributed by atoms with Gasteiger partial charge in [0.05, 0.1) is 10.0 Å². The molecule has 2 N–H and O–H groups in total. The molecule has 0 aliphatic rings. The van der Waals surface area contributed by atoms with E-state index in [4.69, 9.17) is 23.2 Å². The molecule has 0 spiro atoms. The van der Waals surface area contributed by atoms with Crippen LogP contribution < -0.4 is 5.32 Å². The molecule has 15 heavy (non-hydrogen) atoms. The van der Waals surface area contributed by atoms with Crippen molar-refractivity contribution >= 4 is 28.9 Å². The smallest absolute Gasteiger partial charge is 0.152 e. The molecule has 0 fully saturated rings. The molecule has 0 radical (unpaired) electrons. The summed E-state index contributed by atoms with van der Waals surface area (Å²) in [5, 5.41) is 13.2. The number of phenolic OH excluding ortho intramolecular Hbond substituents is 1. The molecule has 0 amide bonds. The van der Waals surface area contributed by atoms with Crippen LogP contribution in [0.3, 0.4) is 0 Å². The highest BCUT2D eigenvalue weighted by Gasteiger charge is 2.10. The van der Waals surface area contributed by atoms with E-state index >= 15 is 0 Å². The van der Waals surface area contributed by atoms with Gasteiger partial charge in [0.2, 0.25) is 0 Å². The van der Waals surface area contributed by atoms with E-state index < -0.39 is 0 Å². The molecule has 4 heteroatoms. The first-order chi connectivity index (χ1) is 6.91. The molecule has 1 aromatic carbocycles. The molecule has 1 rings (SSSR count). The molecular formula is C11H15Cl2NO. The van der Waals surface area contributed by atoms with E-state index in [0.29, 0.717) is 12.0 Å². The Hall–Kier alpha value is -0.600. The summed E-state index contributed by atoms with van der Waals surface area (Å²) in [4.78, 5) is 0. The quantitative estimate of drug-likeness (QED) is 0.787. The first-order valence-corrected chi connectivity index (χ1v) is 5.62. The highest BCUT2D eigenvalue weighted by atomic mass is 35.5. The maximum atomic E-state index is 9.38. The van der Waals surface area contributed by atoms with Crippen LogP contribution >= 0.6 is 23.2 Å². The van der Waals surface area contributed by atoms with Gasteiger partial charge in [-0.25, -0.2) is 0 Å². The maximum Gasteiger partial charge on any atom is 0.152 e. The molecule has 0 saturated carbocycles. The Morgan fingerprint density at radius 2 is 1.60 bits per heavy atom. The highest BCUT2D eigenvalue weighted by molar-refractivity contribution is 6.37. The molecule has 0 aliphatic heterocycles. The number of aromatic hydroxyl groups is 1. The molecule has 0 heterocycles. The minimum Gasteiger partial charge on any atom is -0.505 e. The maximum absolute atomic E-state index is 9.38. The largest absolute Gasteiger partial charge is 0.505 e. The SMILES string of the molecule is CC(C)C(C)Nc1cc(Cl)c(O)c(Cl)c1. The summed E-state index contributed by atoms with van der Waals surface area (Å²) in [7, 11) is 0. The minimum atomic E-state index is -0.0684. The van der Waals surface area contributed by atoms with Crippen molar-refractivity contribution in [3.63, 3.8) is 0 Å². The van der Waals surface area contributed by atoms with Crippen molar-refractivity contribution in [1.82, 2.24) is 0 Å². The van der Waals surface area contributed by atoms with E-state index in [1.165, 1.54) is 0 Å². The molecule has 0 aliphatic carbocycles. The molecule has 1 aromatic rings. The minimum absolute atomic E-state index is 0.0684. The van der Waals surface area contributed by atoms with Crippen LogP contribution in [0.4, 0.5) is 5.69 Å². The van der Waals surface area contributed by atoms with Crippen LogP contribution in [0.1, 0.15) is 20.8 Å². The van der Waals surface area contributed by atoms with Gasteiger partial charge in [0, 0.05) is 11.7 Å². The van der Waals surface area contributed by atoms with Crippen LogP contribution in [-0.4, -0.2) is 11.1 Å². The van der Waals surface area contributed by atoms with Gasteiger partial charge in [-0.3, -0.25) is 0 Å². The van der Waals surface area contributed by atoms with Gasteiger partial charge in [-0.1, -0.05) is 37.0 Å². The van der Waals surface area contributed by atoms with Crippen LogP contribution in [0, 0.1) is 5.92 Å². The fourth-order valence-electron chi connectivity index (χ4n) is 1.08. The second-order valence-corrected chi connectivity index (χ2v) is 4.78. The van der Waals surface area contributed by atoms with Gasteiger partial charge >= 0.3 is 0 Å². The second kappa shape index (κ2) is 4.95. The van der Waals surface area contributed by atoms with Gasteiger partial charge in [-0.15, -0.1) is 0 Å². The van der Waals surface area contributed by atoms with Gasteiger partial charge in [-0.05, 0) is 25.0 Å². The first-order valence-electron chi connectivity index (χ1n) is 4.86. The zero-order valence-corrected chi connectivity index (χ0v) is 10.5. The number of anilines is 1. The van der Waals surface area contributed by atoms with E-state index in [1.54, 1.807) is 12.1 Å². The third-order valence-corrected chi connectivity index (χ3v) is 2.99. The Labute approximate surface area is 100 Å². The number of halogens is 2. The van der Waals surface area contributed by atoms with Gasteiger partial charge in [0.25, 0.3) is 0 Å². The number of hydrogen-bond donors (Lipinski definition) is 2. The average molecular weight is 248 g/mol. The second-order valence-electron chi connectivity index (χ2n) is 3.97. The fourth-order valence-corrected chi connectivity index (χ4v) is 1.57. The summed E-state index contributed by atoms with van der Waals surface area (Å²) in [6, 6.07) is 3.66. The topological polar surface area (TPSA) is 32.3 Å². The van der Waals surface area contributed by atoms with Gasteiger partial charge in [0.15, 0.2) is 5.75 Å². The Morgan fingerprint density at radius 1 is 1.13 bits per heavy atom. The lowest BCUT2D eigenvalue weighted by molar-refractivity contribution is 0.476. The molecule has 0 saturated heterocycles. The molecule has 0 aromatic heterocycles. The summed E-state index contributed by atoms with van der Waals surface area (Å²) >= 11 is 11.6. The third kappa shape index (κ3) is 3.18. The predicted octanol–water partition coefficient (Wildman–Crippen LogP) is 4.16. The van der Waals surface area contributed by atoms with Crippen molar-refractivity contribution in [3.05, 3.63) is 22.2 Å². The van der Waals surface area contributed by atoms with E-state index in [0.717, 1.165) is 5.69 Å². The van der Waals surface area contributed by atoms with Crippen molar-refractivity contribution in [1.29, 1.82) is 0 Å². The zero-order valence-electron chi connectivity index (χ0n) is 9.01. The molecule has 0 bridgehead atoms. The third-order valence-electron chi connectivity index (χ3n) is 2.41. The monoisotopic (exact) mass is 247 g/mol. The van der Waals surface area contributed by atoms with Crippen molar-refractivity contribution in [3.8, 4) is 5.75 Å². The zero-order chi connectivity index (χ0) is 11.6. The lowest BCUT2D eigenvalue weighted by atomic mass is 10.1. The molecular weight excluding hydrogens is 233 g/mol. The molecule has 1 atom stereocenters. The predicted molar refractivity (Wildman–Crippen MR) is 66.0 cm³/mol. The van der Waals surface area contributed by atoms with E-state index in [9.17, 15) is 5.11 Å². The summed E-state index contributed by atoms with van der Waals surface area (Å²) in [5.74, 6) is 0.442. The number of benzene rings is 1. The Bertz CT molecular complexity index is 329. The van der Waals surface area contributed by atoms with Crippen molar-refractivity contribution in [2.45, 2.75) is 26.8 Å². The first kappa shape index (κ1) is 12.5. The number of hydrogen-bond acceptors (Lipinski definition) is 2. The van der Waals surface area contributed by atoms with Crippen LogP contribution in [-0.2, 0) is 0 Å². The lowest BCUT2D eigenvalue weighted by Crippen LogP contribution is -2.21. The Morgan fingerprint density at radius 3 is 2.00 bits per heavy atom. The number of rotatable bonds is 3. The summed E-state index contributed by atoms with van der Waals surface area (Å²) in [6.07, 6.45) is 0. The summed E-state index contributed by atoms with van der Waals surface area (Å²) < 4.78 is 0. The van der Waals surface area contributed by atoms with Gasteiger partial charge < -0.3 is 10.4 Å². The van der Waals surface area contributed by atoms with E-state index in [2.05, 4.69) is 26.1 Å². The summed E-state index contributed by atoms with van der Waals surface area (Å²) in [5.41, 5.74) is 0.823. The Balaban J connectivity index is 2.88. The average Bonchev–Trinajstić information content (AvgIpc) is 2.13.